The monoisotopic (exact) mass is 363 g/mol. The molecular formula is C16H27Cl2N3O2. The lowest BCUT2D eigenvalue weighted by atomic mass is 10.2. The maximum Gasteiger partial charge on any atom is 0.339 e. The van der Waals surface area contributed by atoms with Crippen molar-refractivity contribution in [1.82, 2.24) is 9.80 Å². The van der Waals surface area contributed by atoms with Crippen LogP contribution < -0.4 is 0 Å². The van der Waals surface area contributed by atoms with Gasteiger partial charge in [0.2, 0.25) is 0 Å². The summed E-state index contributed by atoms with van der Waals surface area (Å²) in [6.45, 7) is 7.68. The molecule has 0 aromatic heterocycles. The van der Waals surface area contributed by atoms with Crippen LogP contribution in [0.2, 0.25) is 0 Å². The van der Waals surface area contributed by atoms with E-state index < -0.39 is 0 Å². The van der Waals surface area contributed by atoms with Gasteiger partial charge in [0.25, 0.3) is 0 Å². The lowest BCUT2D eigenvalue weighted by Crippen LogP contribution is -2.36. The van der Waals surface area contributed by atoms with Crippen molar-refractivity contribution < 1.29 is 9.53 Å². The third-order valence-electron chi connectivity index (χ3n) is 3.14. The van der Waals surface area contributed by atoms with Crippen LogP contribution in [0.25, 0.3) is 0 Å². The molecule has 1 aromatic rings. The SMILES string of the molecule is CCN(CC)C(C)OC(=O)c1ccc(N=CN(C)C)cc1.Cl.Cl. The number of hydrogen-bond acceptors (Lipinski definition) is 4. The number of nitrogens with zero attached hydrogens (tertiary/aromatic N) is 3. The van der Waals surface area contributed by atoms with Crippen LogP contribution in [0.4, 0.5) is 5.69 Å². The van der Waals surface area contributed by atoms with E-state index in [2.05, 4.69) is 9.89 Å². The minimum Gasteiger partial charge on any atom is -0.443 e. The quantitative estimate of drug-likeness (QED) is 0.321. The molecule has 0 radical (unpaired) electrons. The Bertz CT molecular complexity index is 475. The van der Waals surface area contributed by atoms with E-state index in [1.165, 1.54) is 0 Å². The highest BCUT2D eigenvalue weighted by Gasteiger charge is 2.16. The van der Waals surface area contributed by atoms with Gasteiger partial charge < -0.3 is 9.64 Å². The molecule has 1 rings (SSSR count). The fourth-order valence-corrected chi connectivity index (χ4v) is 1.90. The largest absolute Gasteiger partial charge is 0.443 e. The summed E-state index contributed by atoms with van der Waals surface area (Å²) in [7, 11) is 3.81. The fraction of sp³-hybridized carbons (Fsp3) is 0.500. The van der Waals surface area contributed by atoms with E-state index in [1.54, 1.807) is 30.6 Å². The van der Waals surface area contributed by atoms with Crippen molar-refractivity contribution in [1.29, 1.82) is 0 Å². The molecule has 1 unspecified atom stereocenters. The summed E-state index contributed by atoms with van der Waals surface area (Å²) < 4.78 is 5.46. The second-order valence-corrected chi connectivity index (χ2v) is 4.98. The Kier molecular flexibility index (Phi) is 12.7. The van der Waals surface area contributed by atoms with Crippen molar-refractivity contribution in [3.63, 3.8) is 0 Å². The van der Waals surface area contributed by atoms with Gasteiger partial charge >= 0.3 is 5.97 Å². The van der Waals surface area contributed by atoms with Crippen molar-refractivity contribution in [2.75, 3.05) is 27.2 Å². The van der Waals surface area contributed by atoms with Crippen LogP contribution in [-0.4, -0.2) is 55.5 Å². The summed E-state index contributed by atoms with van der Waals surface area (Å²) in [5, 5.41) is 0. The third kappa shape index (κ3) is 8.21. The molecule has 132 valence electrons. The van der Waals surface area contributed by atoms with Gasteiger partial charge in [-0.05, 0) is 44.3 Å². The molecule has 1 aromatic carbocycles. The first-order chi connectivity index (χ1) is 9.97. The van der Waals surface area contributed by atoms with E-state index in [-0.39, 0.29) is 37.0 Å². The van der Waals surface area contributed by atoms with E-state index in [4.69, 9.17) is 4.74 Å². The van der Waals surface area contributed by atoms with Gasteiger partial charge in [-0.15, -0.1) is 24.8 Å². The average molecular weight is 364 g/mol. The Morgan fingerprint density at radius 1 is 1.17 bits per heavy atom. The highest BCUT2D eigenvalue weighted by molar-refractivity contribution is 5.89. The predicted octanol–water partition coefficient (Wildman–Crippen LogP) is 3.60. The molecule has 0 spiro atoms. The number of halogens is 2. The average Bonchev–Trinajstić information content (AvgIpc) is 2.46. The van der Waals surface area contributed by atoms with Gasteiger partial charge in [-0.25, -0.2) is 9.79 Å². The van der Waals surface area contributed by atoms with Crippen LogP contribution in [0.3, 0.4) is 0 Å². The van der Waals surface area contributed by atoms with Crippen LogP contribution in [0.5, 0.6) is 0 Å². The molecule has 0 amide bonds. The van der Waals surface area contributed by atoms with E-state index in [9.17, 15) is 4.79 Å². The van der Waals surface area contributed by atoms with Gasteiger partial charge in [0.1, 0.15) is 0 Å². The number of esters is 1. The van der Waals surface area contributed by atoms with Crippen LogP contribution in [0.15, 0.2) is 29.3 Å². The molecule has 0 aliphatic heterocycles. The molecule has 5 nitrogen and oxygen atoms in total. The maximum atomic E-state index is 12.1. The summed E-state index contributed by atoms with van der Waals surface area (Å²) in [6, 6.07) is 7.08. The lowest BCUT2D eigenvalue weighted by Gasteiger charge is -2.25. The smallest absolute Gasteiger partial charge is 0.339 e. The van der Waals surface area contributed by atoms with Crippen molar-refractivity contribution in [2.45, 2.75) is 27.0 Å². The number of benzene rings is 1. The van der Waals surface area contributed by atoms with Crippen molar-refractivity contribution in [3.05, 3.63) is 29.8 Å². The Labute approximate surface area is 151 Å². The predicted molar refractivity (Wildman–Crippen MR) is 101 cm³/mol. The normalized spacial score (nSPS) is 11.6. The summed E-state index contributed by atoms with van der Waals surface area (Å²) in [4.78, 5) is 20.3. The molecular weight excluding hydrogens is 337 g/mol. The number of carbonyl (C=O) groups is 1. The Morgan fingerprint density at radius 3 is 2.13 bits per heavy atom. The minimum atomic E-state index is -0.308. The molecule has 0 N–H and O–H groups in total. The van der Waals surface area contributed by atoms with Gasteiger partial charge in [0, 0.05) is 14.1 Å². The topological polar surface area (TPSA) is 45.1 Å². The van der Waals surface area contributed by atoms with Gasteiger partial charge in [0.15, 0.2) is 6.23 Å². The zero-order valence-electron chi connectivity index (χ0n) is 14.4. The zero-order chi connectivity index (χ0) is 15.8. The maximum absolute atomic E-state index is 12.1. The molecule has 7 heteroatoms. The van der Waals surface area contributed by atoms with Crippen molar-refractivity contribution in [2.24, 2.45) is 4.99 Å². The van der Waals surface area contributed by atoms with Gasteiger partial charge in [-0.3, -0.25) is 4.90 Å². The number of hydrogen-bond donors (Lipinski definition) is 0. The summed E-state index contributed by atoms with van der Waals surface area (Å²) in [5.41, 5.74) is 1.34. The van der Waals surface area contributed by atoms with Gasteiger partial charge in [-0.1, -0.05) is 13.8 Å². The first kappa shape index (κ1) is 24.0. The zero-order valence-corrected chi connectivity index (χ0v) is 16.0. The second-order valence-electron chi connectivity index (χ2n) is 4.98. The second kappa shape index (κ2) is 12.2. The molecule has 23 heavy (non-hydrogen) atoms. The molecule has 0 aliphatic rings. The molecule has 0 saturated heterocycles. The molecule has 1 atom stereocenters. The van der Waals surface area contributed by atoms with Crippen LogP contribution in [-0.2, 0) is 4.74 Å². The van der Waals surface area contributed by atoms with E-state index >= 15 is 0 Å². The standard InChI is InChI=1S/C16H25N3O2.2ClH/c1-6-19(7-2)13(3)21-16(20)14-8-10-15(11-9-14)17-12-18(4)5;;/h8-13H,6-7H2,1-5H3;2*1H. The minimum absolute atomic E-state index is 0. The van der Waals surface area contributed by atoms with E-state index in [0.717, 1.165) is 18.8 Å². The number of carbonyl (C=O) groups excluding carboxylic acids is 1. The molecule has 0 fully saturated rings. The van der Waals surface area contributed by atoms with E-state index in [1.807, 2.05) is 39.8 Å². The number of aliphatic imine (C=N–C) groups is 1. The van der Waals surface area contributed by atoms with Crippen LogP contribution in [0.1, 0.15) is 31.1 Å². The van der Waals surface area contributed by atoms with Crippen LogP contribution in [0, 0.1) is 0 Å². The lowest BCUT2D eigenvalue weighted by molar-refractivity contribution is -0.0196. The molecule has 0 bridgehead atoms. The van der Waals surface area contributed by atoms with Crippen molar-refractivity contribution in [3.8, 4) is 0 Å². The number of ether oxygens (including phenoxy) is 1. The Balaban J connectivity index is 0. The van der Waals surface area contributed by atoms with Crippen molar-refractivity contribution >= 4 is 42.8 Å². The third-order valence-corrected chi connectivity index (χ3v) is 3.14. The van der Waals surface area contributed by atoms with Crippen LogP contribution >= 0.6 is 24.8 Å². The molecule has 0 saturated carbocycles. The molecule has 0 heterocycles. The Morgan fingerprint density at radius 2 is 1.70 bits per heavy atom. The summed E-state index contributed by atoms with van der Waals surface area (Å²) >= 11 is 0. The van der Waals surface area contributed by atoms with Gasteiger partial charge in [0.05, 0.1) is 17.6 Å². The summed E-state index contributed by atoms with van der Waals surface area (Å²) in [5.74, 6) is -0.308. The van der Waals surface area contributed by atoms with Gasteiger partial charge in [-0.2, -0.15) is 0 Å². The first-order valence-electron chi connectivity index (χ1n) is 7.23. The highest BCUT2D eigenvalue weighted by Crippen LogP contribution is 2.14. The highest BCUT2D eigenvalue weighted by atomic mass is 35.5. The first-order valence-corrected chi connectivity index (χ1v) is 7.23. The summed E-state index contributed by atoms with van der Waals surface area (Å²) in [6.07, 6.45) is 1.49. The fourth-order valence-electron chi connectivity index (χ4n) is 1.90. The number of rotatable bonds is 7. The molecule has 0 aliphatic carbocycles. The Hall–Kier alpha value is -1.30. The van der Waals surface area contributed by atoms with E-state index in [0.29, 0.717) is 5.56 Å².